The Balaban J connectivity index is 1.80. The fraction of sp³-hybridized carbons (Fsp3) is 0.200. The number of H-pyrrole nitrogens is 1. The summed E-state index contributed by atoms with van der Waals surface area (Å²) in [6.45, 7) is 2.00. The van der Waals surface area contributed by atoms with E-state index < -0.39 is 17.8 Å². The van der Waals surface area contributed by atoms with Gasteiger partial charge in [0, 0.05) is 29.3 Å². The number of aromatic amines is 1. The van der Waals surface area contributed by atoms with E-state index in [0.717, 1.165) is 0 Å². The van der Waals surface area contributed by atoms with E-state index in [2.05, 4.69) is 15.0 Å². The molecule has 0 fully saturated rings. The first-order chi connectivity index (χ1) is 13.8. The number of nitrogens with one attached hydrogen (secondary N) is 2. The molecule has 0 spiro atoms. The number of benzene rings is 2. The Hall–Kier alpha value is -3.49. The molecule has 0 saturated carbocycles. The number of anilines is 1. The average molecular weight is 406 g/mol. The Bertz CT molecular complexity index is 1090. The summed E-state index contributed by atoms with van der Waals surface area (Å²) in [7, 11) is 0. The van der Waals surface area contributed by atoms with Gasteiger partial charge in [-0.15, -0.1) is 13.2 Å². The number of aromatic nitrogens is 1. The van der Waals surface area contributed by atoms with Crippen LogP contribution in [0.1, 0.15) is 22.8 Å². The van der Waals surface area contributed by atoms with Crippen LogP contribution in [-0.2, 0) is 11.3 Å². The number of rotatable bonds is 6. The Kier molecular flexibility index (Phi) is 5.76. The molecule has 2 N–H and O–H groups in total. The highest BCUT2D eigenvalue weighted by Gasteiger charge is 2.31. The van der Waals surface area contributed by atoms with Crippen LogP contribution < -0.4 is 15.5 Å². The van der Waals surface area contributed by atoms with Crippen LogP contribution in [0.15, 0.2) is 53.5 Å². The molecule has 0 unspecified atom stereocenters. The average Bonchev–Trinajstić information content (AvgIpc) is 2.66. The predicted molar refractivity (Wildman–Crippen MR) is 101 cm³/mol. The van der Waals surface area contributed by atoms with E-state index in [1.54, 1.807) is 31.2 Å². The van der Waals surface area contributed by atoms with Gasteiger partial charge in [0.2, 0.25) is 5.43 Å². The van der Waals surface area contributed by atoms with Gasteiger partial charge in [0.25, 0.3) is 0 Å². The molecule has 1 aromatic heterocycles. The number of alkyl halides is 3. The number of halogens is 3. The molecule has 6 nitrogen and oxygen atoms in total. The van der Waals surface area contributed by atoms with Gasteiger partial charge in [-0.25, -0.2) is 4.79 Å². The molecule has 0 atom stereocenters. The van der Waals surface area contributed by atoms with E-state index in [9.17, 15) is 22.8 Å². The maximum absolute atomic E-state index is 12.6. The highest BCUT2D eigenvalue weighted by Crippen LogP contribution is 2.24. The molecule has 0 radical (unpaired) electrons. The first-order valence-corrected chi connectivity index (χ1v) is 8.68. The monoisotopic (exact) mass is 406 g/mol. The summed E-state index contributed by atoms with van der Waals surface area (Å²) in [4.78, 5) is 27.3. The summed E-state index contributed by atoms with van der Waals surface area (Å²) >= 11 is 0. The van der Waals surface area contributed by atoms with E-state index in [4.69, 9.17) is 4.74 Å². The highest BCUT2D eigenvalue weighted by molar-refractivity contribution is 5.94. The number of carbonyl (C=O) groups excluding carboxylic acids is 1. The quantitative estimate of drug-likeness (QED) is 0.600. The SMILES string of the molecule is CCOC(=O)c1c[nH]c2ccc(NCc3cccc(OC(F)(F)F)c3)cc2c1=O. The molecule has 9 heteroatoms. The second-order valence-corrected chi connectivity index (χ2v) is 6.06. The summed E-state index contributed by atoms with van der Waals surface area (Å²) in [5.41, 5.74) is 1.08. The summed E-state index contributed by atoms with van der Waals surface area (Å²) in [5, 5.41) is 3.33. The molecule has 29 heavy (non-hydrogen) atoms. The molecule has 152 valence electrons. The molecule has 1 heterocycles. The van der Waals surface area contributed by atoms with Gasteiger partial charge in [0.05, 0.1) is 6.61 Å². The first-order valence-electron chi connectivity index (χ1n) is 8.68. The van der Waals surface area contributed by atoms with Crippen LogP contribution in [0, 0.1) is 0 Å². The van der Waals surface area contributed by atoms with Crippen LogP contribution in [0.2, 0.25) is 0 Å². The van der Waals surface area contributed by atoms with Crippen LogP contribution in [-0.4, -0.2) is 23.9 Å². The van der Waals surface area contributed by atoms with Crippen LogP contribution in [0.25, 0.3) is 10.9 Å². The van der Waals surface area contributed by atoms with Crippen molar-refractivity contribution >= 4 is 22.6 Å². The Labute approximate surface area is 163 Å². The van der Waals surface area contributed by atoms with Gasteiger partial charge >= 0.3 is 12.3 Å². The molecule has 0 aliphatic rings. The second-order valence-electron chi connectivity index (χ2n) is 6.06. The topological polar surface area (TPSA) is 80.4 Å². The standard InChI is InChI=1S/C20H17F3N2O4/c1-2-28-19(27)16-11-25-17-7-6-13(9-15(17)18(16)26)24-10-12-4-3-5-14(8-12)29-20(21,22)23/h3-9,11,24H,2,10H2,1H3,(H,25,26). The van der Waals surface area contributed by atoms with Crippen molar-refractivity contribution in [3.63, 3.8) is 0 Å². The Morgan fingerprint density at radius 1 is 1.17 bits per heavy atom. The van der Waals surface area contributed by atoms with E-state index in [-0.39, 0.29) is 29.9 Å². The molecule has 0 saturated heterocycles. The lowest BCUT2D eigenvalue weighted by atomic mass is 10.1. The number of hydrogen-bond donors (Lipinski definition) is 2. The number of pyridine rings is 1. The van der Waals surface area contributed by atoms with Gasteiger partial charge in [-0.2, -0.15) is 0 Å². The zero-order valence-electron chi connectivity index (χ0n) is 15.3. The lowest BCUT2D eigenvalue weighted by Gasteiger charge is -2.11. The molecular weight excluding hydrogens is 389 g/mol. The maximum atomic E-state index is 12.6. The number of esters is 1. The predicted octanol–water partition coefficient (Wildman–Crippen LogP) is 4.22. The van der Waals surface area contributed by atoms with Gasteiger partial charge in [0.1, 0.15) is 11.3 Å². The molecule has 0 aliphatic carbocycles. The van der Waals surface area contributed by atoms with E-state index in [1.807, 2.05) is 0 Å². The molecule has 2 aromatic carbocycles. The molecule has 0 aliphatic heterocycles. The van der Waals surface area contributed by atoms with Gasteiger partial charge in [-0.1, -0.05) is 12.1 Å². The molecule has 0 bridgehead atoms. The highest BCUT2D eigenvalue weighted by atomic mass is 19.4. The fourth-order valence-electron chi connectivity index (χ4n) is 2.75. The Morgan fingerprint density at radius 2 is 1.97 bits per heavy atom. The zero-order valence-corrected chi connectivity index (χ0v) is 15.3. The largest absolute Gasteiger partial charge is 0.573 e. The van der Waals surface area contributed by atoms with Crippen LogP contribution >= 0.6 is 0 Å². The summed E-state index contributed by atoms with van der Waals surface area (Å²) < 4.78 is 45.8. The van der Waals surface area contributed by atoms with E-state index >= 15 is 0 Å². The van der Waals surface area contributed by atoms with Gasteiger partial charge < -0.3 is 19.8 Å². The van der Waals surface area contributed by atoms with Crippen molar-refractivity contribution in [2.75, 3.05) is 11.9 Å². The van der Waals surface area contributed by atoms with Crippen molar-refractivity contribution in [2.45, 2.75) is 19.8 Å². The second kappa shape index (κ2) is 8.26. The third kappa shape index (κ3) is 5.07. The van der Waals surface area contributed by atoms with Gasteiger partial charge in [0.15, 0.2) is 0 Å². The molecule has 0 amide bonds. The Morgan fingerprint density at radius 3 is 2.69 bits per heavy atom. The summed E-state index contributed by atoms with van der Waals surface area (Å²) in [6.07, 6.45) is -3.45. The molecular formula is C20H17F3N2O4. The van der Waals surface area contributed by atoms with Crippen molar-refractivity contribution in [1.29, 1.82) is 0 Å². The van der Waals surface area contributed by atoms with Crippen molar-refractivity contribution in [2.24, 2.45) is 0 Å². The van der Waals surface area contributed by atoms with Crippen LogP contribution in [0.4, 0.5) is 18.9 Å². The van der Waals surface area contributed by atoms with E-state index in [0.29, 0.717) is 16.8 Å². The normalized spacial score (nSPS) is 11.3. The van der Waals surface area contributed by atoms with Crippen molar-refractivity contribution in [3.8, 4) is 5.75 Å². The van der Waals surface area contributed by atoms with Crippen LogP contribution in [0.5, 0.6) is 5.75 Å². The number of carbonyl (C=O) groups is 1. The van der Waals surface area contributed by atoms with Crippen molar-refractivity contribution in [1.82, 2.24) is 4.98 Å². The summed E-state index contributed by atoms with van der Waals surface area (Å²) in [5.74, 6) is -1.03. The minimum absolute atomic E-state index is 0.103. The lowest BCUT2D eigenvalue weighted by molar-refractivity contribution is -0.274. The fourth-order valence-corrected chi connectivity index (χ4v) is 2.75. The number of ether oxygens (including phenoxy) is 2. The minimum Gasteiger partial charge on any atom is -0.462 e. The first kappa shape index (κ1) is 20.2. The number of fused-ring (bicyclic) bond motifs is 1. The van der Waals surface area contributed by atoms with Crippen molar-refractivity contribution < 1.29 is 27.4 Å². The van der Waals surface area contributed by atoms with Gasteiger partial charge in [-0.3, -0.25) is 4.79 Å². The lowest BCUT2D eigenvalue weighted by Crippen LogP contribution is -2.18. The molecule has 3 aromatic rings. The third-order valence-electron chi connectivity index (χ3n) is 4.00. The van der Waals surface area contributed by atoms with Crippen molar-refractivity contribution in [3.05, 3.63) is 70.0 Å². The summed E-state index contributed by atoms with van der Waals surface area (Å²) in [6, 6.07) is 10.5. The smallest absolute Gasteiger partial charge is 0.462 e. The van der Waals surface area contributed by atoms with E-state index in [1.165, 1.54) is 24.4 Å². The van der Waals surface area contributed by atoms with Gasteiger partial charge in [-0.05, 0) is 42.8 Å². The third-order valence-corrected chi connectivity index (χ3v) is 4.00. The minimum atomic E-state index is -4.76. The van der Waals surface area contributed by atoms with Crippen LogP contribution in [0.3, 0.4) is 0 Å². The maximum Gasteiger partial charge on any atom is 0.573 e. The zero-order chi connectivity index (χ0) is 21.0. The molecule has 3 rings (SSSR count). The number of hydrogen-bond acceptors (Lipinski definition) is 5.